The number of ether oxygens (including phenoxy) is 1. The number of methoxy groups -OCH3 is 1. The average molecular weight is 451 g/mol. The molecule has 1 amide bonds. The first-order chi connectivity index (χ1) is 13.9. The number of benzene rings is 2. The van der Waals surface area contributed by atoms with Gasteiger partial charge in [0, 0.05) is 12.7 Å². The topological polar surface area (TPSA) is 50.1 Å². The van der Waals surface area contributed by atoms with Gasteiger partial charge >= 0.3 is 0 Å². The van der Waals surface area contributed by atoms with Crippen molar-refractivity contribution in [3.63, 3.8) is 0 Å². The highest BCUT2D eigenvalue weighted by atomic mass is 29.6. The van der Waals surface area contributed by atoms with Crippen LogP contribution in [0.2, 0.25) is 39.3 Å². The van der Waals surface area contributed by atoms with Gasteiger partial charge in [0.15, 0.2) is 0 Å². The van der Waals surface area contributed by atoms with E-state index in [9.17, 15) is 4.79 Å². The number of nitrogens with one attached hydrogen (secondary N) is 1. The van der Waals surface area contributed by atoms with Crippen LogP contribution >= 0.6 is 0 Å². The van der Waals surface area contributed by atoms with E-state index in [4.69, 9.17) is 10.5 Å². The molecule has 4 rings (SSSR count). The lowest BCUT2D eigenvalue weighted by Gasteiger charge is -2.54. The Labute approximate surface area is 183 Å². The molecule has 2 aliphatic rings. The van der Waals surface area contributed by atoms with Crippen LogP contribution in [0.25, 0.3) is 17.2 Å². The summed E-state index contributed by atoms with van der Waals surface area (Å²) in [5.74, 6) is 0.439. The van der Waals surface area contributed by atoms with Crippen LogP contribution in [-0.4, -0.2) is 35.3 Å². The molecule has 2 aromatic carbocycles. The normalized spacial score (nSPS) is 19.8. The number of amides is 1. The number of fused-ring (bicyclic) bond motifs is 3. The Hall–Kier alpha value is -1.90. The third-order valence-electron chi connectivity index (χ3n) is 8.48. The van der Waals surface area contributed by atoms with Crippen LogP contribution in [0.3, 0.4) is 0 Å². The Morgan fingerprint density at radius 3 is 2.33 bits per heavy atom. The molecule has 157 valence electrons. The van der Waals surface area contributed by atoms with Gasteiger partial charge in [-0.1, -0.05) is 69.1 Å². The number of hydrogen-bond donors (Lipinski definition) is 0. The van der Waals surface area contributed by atoms with Gasteiger partial charge in [-0.25, -0.2) is 0 Å². The predicted molar refractivity (Wildman–Crippen MR) is 135 cm³/mol. The molecular weight excluding hydrogens is 419 g/mol. The Balaban J connectivity index is 2.22. The zero-order valence-corrected chi connectivity index (χ0v) is 22.4. The average Bonchev–Trinajstić information content (AvgIpc) is 3.05. The molecule has 2 bridgehead atoms. The van der Waals surface area contributed by atoms with Crippen LogP contribution in [-0.2, 0) is 6.42 Å². The van der Waals surface area contributed by atoms with Gasteiger partial charge in [0.05, 0.1) is 22.3 Å². The van der Waals surface area contributed by atoms with Gasteiger partial charge in [-0.15, -0.1) is 0 Å². The van der Waals surface area contributed by atoms with Crippen LogP contribution < -0.4 is 20.8 Å². The lowest BCUT2D eigenvalue weighted by molar-refractivity contribution is 0.0993. The molecule has 6 heteroatoms. The molecule has 1 heterocycles. The highest BCUT2D eigenvalue weighted by Gasteiger charge is 2.60. The number of carbonyl (C=O) groups is 1. The first-order valence-corrected chi connectivity index (χ1v) is 21.7. The maximum absolute atomic E-state index is 12.7. The van der Waals surface area contributed by atoms with E-state index in [1.807, 2.05) is 6.07 Å². The second-order valence-corrected chi connectivity index (χ2v) is 37.8. The van der Waals surface area contributed by atoms with Crippen molar-refractivity contribution in [3.8, 4) is 16.9 Å². The maximum Gasteiger partial charge on any atom is 0.270 e. The van der Waals surface area contributed by atoms with E-state index in [0.29, 0.717) is 5.56 Å². The van der Waals surface area contributed by atoms with E-state index in [-0.39, 0.29) is 0 Å². The summed E-state index contributed by atoms with van der Waals surface area (Å²) in [7, 11) is -3.60. The molecule has 0 saturated carbocycles. The van der Waals surface area contributed by atoms with Gasteiger partial charge < -0.3 is 4.74 Å². The summed E-state index contributed by atoms with van der Waals surface area (Å²) in [5.41, 5.74) is 14.7. The van der Waals surface area contributed by atoms with Gasteiger partial charge in [-0.05, 0) is 52.0 Å². The summed E-state index contributed by atoms with van der Waals surface area (Å²) in [4.78, 5) is 12.7. The van der Waals surface area contributed by atoms with Crippen molar-refractivity contribution in [1.82, 2.24) is 5.73 Å². The van der Waals surface area contributed by atoms with Crippen molar-refractivity contribution in [1.29, 1.82) is 0 Å². The molecule has 0 spiro atoms. The molecule has 30 heavy (non-hydrogen) atoms. The second-order valence-electron chi connectivity index (χ2n) is 10.5. The monoisotopic (exact) mass is 450 g/mol. The molecule has 1 aliphatic carbocycles. The first kappa shape index (κ1) is 21.3. The summed E-state index contributed by atoms with van der Waals surface area (Å²) in [6.07, 6.45) is 3.22. The smallest absolute Gasteiger partial charge is 0.270 e. The van der Waals surface area contributed by atoms with Gasteiger partial charge in [0.2, 0.25) is 0 Å². The molecule has 1 N–H and O–H groups in total. The fraction of sp³-hybridized carbons (Fsp3) is 0.375. The van der Waals surface area contributed by atoms with Crippen molar-refractivity contribution >= 4 is 44.6 Å². The minimum atomic E-state index is -1.94. The van der Waals surface area contributed by atoms with Crippen LogP contribution in [0.1, 0.15) is 28.4 Å². The fourth-order valence-electron chi connectivity index (χ4n) is 5.58. The SMILES string of the molecule is COc1c2cc(C([NH])=O)c(-c3cccc4c3C=C(C)C4)c1[Si](C)(C)[Si](C)(C)[Si]2(C)C. The number of allylic oxidation sites excluding steroid dienone is 1. The molecule has 0 saturated heterocycles. The van der Waals surface area contributed by atoms with E-state index < -0.39 is 28.2 Å². The second kappa shape index (κ2) is 6.55. The summed E-state index contributed by atoms with van der Waals surface area (Å²) in [6.45, 7) is 17.2. The molecule has 0 fully saturated rings. The van der Waals surface area contributed by atoms with Crippen molar-refractivity contribution in [2.75, 3.05) is 7.11 Å². The zero-order valence-electron chi connectivity index (χ0n) is 19.4. The standard InChI is InChI=1S/C24H32NO2Si3/c1-15-12-16-10-9-11-17(18(16)13-15)21-19(24(25)26)14-20-22(27-2)23(21)29(5,6)30(7,8)28(20,3)4/h9-11,13-14,25H,12H2,1-8H3. The van der Waals surface area contributed by atoms with E-state index >= 15 is 0 Å². The Bertz CT molecular complexity index is 1130. The minimum Gasteiger partial charge on any atom is -0.497 e. The van der Waals surface area contributed by atoms with E-state index in [1.54, 1.807) is 7.11 Å². The van der Waals surface area contributed by atoms with Crippen molar-refractivity contribution in [2.24, 2.45) is 0 Å². The predicted octanol–water partition coefficient (Wildman–Crippen LogP) is 4.45. The Morgan fingerprint density at radius 1 is 1.07 bits per heavy atom. The van der Waals surface area contributed by atoms with Crippen LogP contribution in [0.5, 0.6) is 5.75 Å². The zero-order chi connectivity index (χ0) is 22.2. The quantitative estimate of drug-likeness (QED) is 0.649. The van der Waals surface area contributed by atoms with E-state index in [2.05, 4.69) is 70.5 Å². The van der Waals surface area contributed by atoms with Gasteiger partial charge in [-0.2, -0.15) is 0 Å². The lowest BCUT2D eigenvalue weighted by Crippen LogP contribution is -2.82. The molecule has 3 nitrogen and oxygen atoms in total. The minimum absolute atomic E-state index is 0.567. The van der Waals surface area contributed by atoms with Crippen molar-refractivity contribution in [2.45, 2.75) is 52.6 Å². The third kappa shape index (κ3) is 2.56. The van der Waals surface area contributed by atoms with Gasteiger partial charge in [0.25, 0.3) is 5.91 Å². The lowest BCUT2D eigenvalue weighted by atomic mass is 9.93. The third-order valence-corrected chi connectivity index (χ3v) is 49.7. The number of rotatable bonds is 3. The molecule has 1 radical (unpaired) electrons. The number of carbonyl (C=O) groups excluding carboxylic acids is 1. The maximum atomic E-state index is 12.7. The first-order valence-electron chi connectivity index (χ1n) is 10.7. The molecule has 2 aromatic rings. The number of hydrogen-bond acceptors (Lipinski definition) is 2. The van der Waals surface area contributed by atoms with E-state index in [1.165, 1.54) is 27.1 Å². The Morgan fingerprint density at radius 2 is 1.73 bits per heavy atom. The largest absolute Gasteiger partial charge is 0.497 e. The highest BCUT2D eigenvalue weighted by Crippen LogP contribution is 2.43. The van der Waals surface area contributed by atoms with Gasteiger partial charge in [-0.3, -0.25) is 10.5 Å². The van der Waals surface area contributed by atoms with Crippen molar-refractivity contribution in [3.05, 3.63) is 46.5 Å². The van der Waals surface area contributed by atoms with Crippen LogP contribution in [0.4, 0.5) is 0 Å². The van der Waals surface area contributed by atoms with Crippen LogP contribution in [0, 0.1) is 0 Å². The highest BCUT2D eigenvalue weighted by molar-refractivity contribution is 7.74. The fourth-order valence-corrected chi connectivity index (χ4v) is 37.8. The molecular formula is C24H32NO2Si3. The molecule has 1 aliphatic heterocycles. The Kier molecular flexibility index (Phi) is 4.66. The van der Waals surface area contributed by atoms with Crippen LogP contribution in [0.15, 0.2) is 29.8 Å². The molecule has 0 aromatic heterocycles. The van der Waals surface area contributed by atoms with Gasteiger partial charge in [0.1, 0.15) is 5.75 Å². The van der Waals surface area contributed by atoms with Crippen molar-refractivity contribution < 1.29 is 9.53 Å². The summed E-state index contributed by atoms with van der Waals surface area (Å²) < 4.78 is 6.12. The summed E-state index contributed by atoms with van der Waals surface area (Å²) >= 11 is 0. The molecule has 0 unspecified atom stereocenters. The summed E-state index contributed by atoms with van der Waals surface area (Å²) in [5, 5.41) is 2.54. The summed E-state index contributed by atoms with van der Waals surface area (Å²) in [6, 6.07) is 8.47. The van der Waals surface area contributed by atoms with E-state index in [0.717, 1.165) is 23.3 Å². The molecule has 0 atom stereocenters.